The van der Waals surface area contributed by atoms with Crippen molar-refractivity contribution in [1.82, 2.24) is 0 Å². The monoisotopic (exact) mass is 386 g/mol. The molecule has 2 aromatic carbocycles. The van der Waals surface area contributed by atoms with Crippen molar-refractivity contribution in [1.29, 1.82) is 5.26 Å². The molecule has 1 amide bonds. The van der Waals surface area contributed by atoms with Gasteiger partial charge in [-0.15, -0.1) is 0 Å². The largest absolute Gasteiger partial charge is 0.449 e. The number of rotatable bonds is 6. The van der Waals surface area contributed by atoms with E-state index in [1.165, 1.54) is 37.3 Å². The normalized spacial score (nSPS) is 11.9. The van der Waals surface area contributed by atoms with Crippen LogP contribution in [0.5, 0.6) is 0 Å². The second-order valence-corrected chi connectivity index (χ2v) is 8.14. The second-order valence-electron chi connectivity index (χ2n) is 6.00. The number of nitrogens with one attached hydrogen (secondary N) is 1. The highest BCUT2D eigenvalue weighted by Crippen LogP contribution is 2.13. The van der Waals surface area contributed by atoms with E-state index in [0.29, 0.717) is 16.8 Å². The molecule has 1 N–H and O–H groups in total. The molecule has 0 saturated heterocycles. The number of anilines is 1. The van der Waals surface area contributed by atoms with Gasteiger partial charge in [-0.2, -0.15) is 5.26 Å². The zero-order valence-electron chi connectivity index (χ0n) is 14.8. The van der Waals surface area contributed by atoms with Gasteiger partial charge in [0.05, 0.1) is 22.9 Å². The van der Waals surface area contributed by atoms with E-state index in [0.717, 1.165) is 6.26 Å². The van der Waals surface area contributed by atoms with E-state index in [4.69, 9.17) is 10.00 Å². The molecule has 140 valence electrons. The predicted molar refractivity (Wildman–Crippen MR) is 99.7 cm³/mol. The van der Waals surface area contributed by atoms with Crippen molar-refractivity contribution < 1.29 is 22.7 Å². The summed E-state index contributed by atoms with van der Waals surface area (Å²) in [6.07, 6.45) is 0.0702. The first-order valence-electron chi connectivity index (χ1n) is 7.96. The van der Waals surface area contributed by atoms with E-state index in [2.05, 4.69) is 5.32 Å². The number of carbonyl (C=O) groups is 2. The van der Waals surface area contributed by atoms with Crippen LogP contribution in [-0.2, 0) is 25.1 Å². The Hall–Kier alpha value is -3.18. The summed E-state index contributed by atoms with van der Waals surface area (Å²) >= 11 is 0. The van der Waals surface area contributed by atoms with Gasteiger partial charge in [-0.3, -0.25) is 4.79 Å². The maximum Gasteiger partial charge on any atom is 0.338 e. The molecule has 0 unspecified atom stereocenters. The molecule has 2 rings (SSSR count). The molecule has 0 heterocycles. The van der Waals surface area contributed by atoms with E-state index in [-0.39, 0.29) is 11.3 Å². The summed E-state index contributed by atoms with van der Waals surface area (Å²) in [5.41, 5.74) is 1.58. The van der Waals surface area contributed by atoms with E-state index in [1.807, 2.05) is 6.07 Å². The summed E-state index contributed by atoms with van der Waals surface area (Å²) in [6.45, 7) is 1.43. The lowest BCUT2D eigenvalue weighted by Gasteiger charge is -2.14. The molecule has 1 atom stereocenters. The van der Waals surface area contributed by atoms with Crippen LogP contribution >= 0.6 is 0 Å². The molecule has 0 aromatic heterocycles. The topological polar surface area (TPSA) is 113 Å². The third-order valence-electron chi connectivity index (χ3n) is 3.53. The van der Waals surface area contributed by atoms with Crippen LogP contribution in [0.2, 0.25) is 0 Å². The molecular weight excluding hydrogens is 368 g/mol. The number of nitriles is 1. The summed E-state index contributed by atoms with van der Waals surface area (Å²) in [7, 11) is -3.16. The van der Waals surface area contributed by atoms with E-state index in [9.17, 15) is 18.0 Å². The lowest BCUT2D eigenvalue weighted by molar-refractivity contribution is -0.123. The molecule has 8 heteroatoms. The average Bonchev–Trinajstić information content (AvgIpc) is 2.61. The van der Waals surface area contributed by atoms with Crippen molar-refractivity contribution in [2.24, 2.45) is 0 Å². The molecule has 0 aliphatic heterocycles. The molecular formula is C19H18N2O5S. The Labute approximate surface area is 157 Å². The van der Waals surface area contributed by atoms with Crippen molar-refractivity contribution in [2.75, 3.05) is 11.6 Å². The van der Waals surface area contributed by atoms with Gasteiger partial charge in [0.2, 0.25) is 0 Å². The Morgan fingerprint density at radius 1 is 1.19 bits per heavy atom. The molecule has 7 nitrogen and oxygen atoms in total. The van der Waals surface area contributed by atoms with Crippen molar-refractivity contribution in [3.05, 3.63) is 65.2 Å². The van der Waals surface area contributed by atoms with Gasteiger partial charge < -0.3 is 10.1 Å². The summed E-state index contributed by atoms with van der Waals surface area (Å²) in [5.74, 6) is -1.36. The molecule has 0 fully saturated rings. The second kappa shape index (κ2) is 8.47. The average molecular weight is 386 g/mol. The highest BCUT2D eigenvalue weighted by Gasteiger charge is 2.19. The van der Waals surface area contributed by atoms with Crippen LogP contribution in [0, 0.1) is 11.3 Å². The molecule has 0 spiro atoms. The van der Waals surface area contributed by atoms with Gasteiger partial charge in [-0.25, -0.2) is 13.2 Å². The van der Waals surface area contributed by atoms with Gasteiger partial charge in [-0.05, 0) is 42.8 Å². The first-order valence-corrected chi connectivity index (χ1v) is 10.0. The Kier molecular flexibility index (Phi) is 6.32. The quantitative estimate of drug-likeness (QED) is 0.762. The molecule has 0 aliphatic carbocycles. The minimum Gasteiger partial charge on any atom is -0.449 e. The number of hydrogen-bond donors (Lipinski definition) is 1. The fourth-order valence-electron chi connectivity index (χ4n) is 2.23. The Morgan fingerprint density at radius 3 is 2.44 bits per heavy atom. The maximum absolute atomic E-state index is 12.2. The fraction of sp³-hybridized carbons (Fsp3) is 0.211. The predicted octanol–water partition coefficient (Wildman–Crippen LogP) is 2.29. The van der Waals surface area contributed by atoms with Gasteiger partial charge in [0.15, 0.2) is 15.9 Å². The smallest absolute Gasteiger partial charge is 0.338 e. The van der Waals surface area contributed by atoms with Crippen LogP contribution in [-0.4, -0.2) is 32.7 Å². The van der Waals surface area contributed by atoms with Crippen LogP contribution in [0.15, 0.2) is 48.5 Å². The van der Waals surface area contributed by atoms with Gasteiger partial charge in [0.25, 0.3) is 5.91 Å². The van der Waals surface area contributed by atoms with Gasteiger partial charge in [0.1, 0.15) is 0 Å². The zero-order valence-corrected chi connectivity index (χ0v) is 15.6. The number of sulfone groups is 1. The molecule has 0 aliphatic rings. The van der Waals surface area contributed by atoms with Gasteiger partial charge in [-0.1, -0.05) is 18.2 Å². The van der Waals surface area contributed by atoms with Gasteiger partial charge in [0, 0.05) is 11.9 Å². The number of esters is 1. The summed E-state index contributed by atoms with van der Waals surface area (Å²) < 4.78 is 27.7. The van der Waals surface area contributed by atoms with Crippen LogP contribution in [0.4, 0.5) is 5.69 Å². The maximum atomic E-state index is 12.2. The lowest BCUT2D eigenvalue weighted by Crippen LogP contribution is -2.30. The highest BCUT2D eigenvalue weighted by atomic mass is 32.2. The number of amides is 1. The van der Waals surface area contributed by atoms with Crippen molar-refractivity contribution >= 4 is 27.4 Å². The van der Waals surface area contributed by atoms with Crippen LogP contribution in [0.3, 0.4) is 0 Å². The minimum absolute atomic E-state index is 0.122. The standard InChI is InChI=1S/C19H18N2O5S/c1-13(18(22)21-17-5-3-4-15(10-17)11-20)26-19(23)16-8-6-14(7-9-16)12-27(2,24)25/h3-10,13H,12H2,1-2H3,(H,21,22)/t13-/m0/s1. The molecule has 0 bridgehead atoms. The van der Waals surface area contributed by atoms with E-state index in [1.54, 1.807) is 18.2 Å². The van der Waals surface area contributed by atoms with Crippen molar-refractivity contribution in [3.63, 3.8) is 0 Å². The summed E-state index contributed by atoms with van der Waals surface area (Å²) in [6, 6.07) is 14.3. The first-order chi connectivity index (χ1) is 12.7. The molecule has 0 radical (unpaired) electrons. The third-order valence-corrected chi connectivity index (χ3v) is 4.39. The first kappa shape index (κ1) is 20.1. The van der Waals surface area contributed by atoms with Crippen LogP contribution in [0.25, 0.3) is 0 Å². The number of ether oxygens (including phenoxy) is 1. The number of nitrogens with zero attached hydrogens (tertiary/aromatic N) is 1. The summed E-state index contributed by atoms with van der Waals surface area (Å²) in [5, 5.41) is 11.4. The fourth-order valence-corrected chi connectivity index (χ4v) is 3.03. The third kappa shape index (κ3) is 6.24. The lowest BCUT2D eigenvalue weighted by atomic mass is 10.1. The molecule has 0 saturated carbocycles. The highest BCUT2D eigenvalue weighted by molar-refractivity contribution is 7.89. The Bertz CT molecular complexity index is 992. The van der Waals surface area contributed by atoms with Crippen LogP contribution < -0.4 is 5.32 Å². The Morgan fingerprint density at radius 2 is 1.85 bits per heavy atom. The number of carbonyl (C=O) groups excluding carboxylic acids is 2. The molecule has 2 aromatic rings. The number of hydrogen-bond acceptors (Lipinski definition) is 6. The van der Waals surface area contributed by atoms with Crippen molar-refractivity contribution in [2.45, 2.75) is 18.8 Å². The summed E-state index contributed by atoms with van der Waals surface area (Å²) in [4.78, 5) is 24.3. The minimum atomic E-state index is -3.16. The van der Waals surface area contributed by atoms with Crippen LogP contribution in [0.1, 0.15) is 28.4 Å². The SMILES string of the molecule is C[C@H](OC(=O)c1ccc(CS(C)(=O)=O)cc1)C(=O)Nc1cccc(C#N)c1. The van der Waals surface area contributed by atoms with E-state index < -0.39 is 27.8 Å². The molecule has 27 heavy (non-hydrogen) atoms. The Balaban J connectivity index is 1.97. The van der Waals surface area contributed by atoms with Crippen molar-refractivity contribution in [3.8, 4) is 6.07 Å². The van der Waals surface area contributed by atoms with E-state index >= 15 is 0 Å². The number of benzene rings is 2. The van der Waals surface area contributed by atoms with Gasteiger partial charge >= 0.3 is 5.97 Å². The zero-order chi connectivity index (χ0) is 20.0.